The van der Waals surface area contributed by atoms with E-state index in [0.29, 0.717) is 0 Å². The molecule has 0 radical (unpaired) electrons. The molecule has 0 N–H and O–H groups in total. The maximum Gasteiger partial charge on any atom is 0.105 e. The van der Waals surface area contributed by atoms with Gasteiger partial charge in [-0.2, -0.15) is 0 Å². The summed E-state index contributed by atoms with van der Waals surface area (Å²) in [4.78, 5) is 4.09. The molecule has 0 aliphatic heterocycles. The normalized spacial score (nSPS) is 21.5. The molecule has 0 saturated carbocycles. The molecule has 1 aromatic heterocycles. The average molecular weight is 163 g/mol. The maximum atomic E-state index is 13.1. The molecule has 1 nitrogen and oxygen atoms in total. The number of hydrogen-bond donors (Lipinski definition) is 0. The lowest BCUT2D eigenvalue weighted by molar-refractivity contribution is 0.490. The van der Waals surface area contributed by atoms with Crippen LogP contribution in [-0.4, -0.2) is 4.98 Å². The second-order valence-electron chi connectivity index (χ2n) is 3.18. The van der Waals surface area contributed by atoms with Crippen molar-refractivity contribution in [3.8, 4) is 0 Å². The van der Waals surface area contributed by atoms with Crippen molar-refractivity contribution in [3.63, 3.8) is 0 Å². The summed E-state index contributed by atoms with van der Waals surface area (Å²) in [6, 6.07) is 3.89. The fourth-order valence-corrected chi connectivity index (χ4v) is 1.45. The molecule has 0 bridgehead atoms. The van der Waals surface area contributed by atoms with Crippen molar-refractivity contribution in [2.45, 2.75) is 13.3 Å². The summed E-state index contributed by atoms with van der Waals surface area (Å²) >= 11 is 0. The minimum absolute atomic E-state index is 0.0155. The van der Waals surface area contributed by atoms with Crippen LogP contribution in [0.3, 0.4) is 0 Å². The lowest BCUT2D eigenvalue weighted by atomic mass is 9.93. The Balaban J connectivity index is 2.49. The molecular weight excluding hydrogens is 153 g/mol. The summed E-state index contributed by atoms with van der Waals surface area (Å²) in [5.74, 6) is -0.0390. The number of pyridine rings is 1. The maximum absolute atomic E-state index is 13.1. The molecule has 12 heavy (non-hydrogen) atoms. The highest BCUT2D eigenvalue weighted by Gasteiger charge is 2.17. The van der Waals surface area contributed by atoms with Crippen molar-refractivity contribution in [2.75, 3.05) is 0 Å². The zero-order valence-corrected chi connectivity index (χ0v) is 6.92. The van der Waals surface area contributed by atoms with Crippen molar-refractivity contribution in [3.05, 3.63) is 35.4 Å². The Morgan fingerprint density at radius 3 is 3.25 bits per heavy atom. The van der Waals surface area contributed by atoms with Gasteiger partial charge >= 0.3 is 0 Å². The van der Waals surface area contributed by atoms with E-state index in [1.165, 1.54) is 6.08 Å². The van der Waals surface area contributed by atoms with Gasteiger partial charge in [-0.3, -0.25) is 4.98 Å². The Hall–Kier alpha value is -1.18. The quantitative estimate of drug-likeness (QED) is 0.572. The zero-order valence-electron chi connectivity index (χ0n) is 6.92. The highest BCUT2D eigenvalue weighted by molar-refractivity contribution is 5.54. The molecule has 1 aromatic rings. The van der Waals surface area contributed by atoms with Gasteiger partial charge in [0.2, 0.25) is 0 Å². The van der Waals surface area contributed by atoms with E-state index in [1.807, 2.05) is 19.1 Å². The van der Waals surface area contributed by atoms with E-state index in [1.54, 1.807) is 6.20 Å². The summed E-state index contributed by atoms with van der Waals surface area (Å²) in [7, 11) is 0. The first-order valence-electron chi connectivity index (χ1n) is 4.08. The van der Waals surface area contributed by atoms with Gasteiger partial charge < -0.3 is 0 Å². The van der Waals surface area contributed by atoms with Crippen molar-refractivity contribution in [1.82, 2.24) is 4.98 Å². The number of aromatic nitrogens is 1. The Bertz CT molecular complexity index is 330. The van der Waals surface area contributed by atoms with Crippen LogP contribution in [0.5, 0.6) is 0 Å². The molecule has 1 unspecified atom stereocenters. The monoisotopic (exact) mass is 163 g/mol. The standard InChI is InChI=1S/C10H10FN/c1-7-5-8-3-2-4-12-10(8)6-9(7)11/h2-4,6-7H,5H2,1H3. The molecule has 0 spiro atoms. The third-order valence-corrected chi connectivity index (χ3v) is 2.20. The lowest BCUT2D eigenvalue weighted by Gasteiger charge is -2.16. The minimum atomic E-state index is -0.0544. The van der Waals surface area contributed by atoms with E-state index in [4.69, 9.17) is 0 Å². The second-order valence-corrected chi connectivity index (χ2v) is 3.18. The highest BCUT2D eigenvalue weighted by Crippen LogP contribution is 2.27. The van der Waals surface area contributed by atoms with Crippen LogP contribution in [0, 0.1) is 5.92 Å². The predicted molar refractivity (Wildman–Crippen MR) is 46.2 cm³/mol. The zero-order chi connectivity index (χ0) is 8.55. The van der Waals surface area contributed by atoms with Crippen LogP contribution < -0.4 is 0 Å². The van der Waals surface area contributed by atoms with Crippen LogP contribution in [0.2, 0.25) is 0 Å². The smallest absolute Gasteiger partial charge is 0.105 e. The van der Waals surface area contributed by atoms with Crippen LogP contribution >= 0.6 is 0 Å². The number of rotatable bonds is 0. The molecule has 62 valence electrons. The molecule has 1 heterocycles. The first-order chi connectivity index (χ1) is 5.77. The molecule has 0 saturated heterocycles. The number of halogens is 1. The molecule has 1 aliphatic carbocycles. The SMILES string of the molecule is CC1Cc2cccnc2C=C1F. The third-order valence-electron chi connectivity index (χ3n) is 2.20. The summed E-state index contributed by atoms with van der Waals surface area (Å²) < 4.78 is 13.1. The Labute approximate surface area is 70.9 Å². The molecule has 1 atom stereocenters. The Morgan fingerprint density at radius 1 is 1.58 bits per heavy atom. The van der Waals surface area contributed by atoms with Crippen LogP contribution in [0.1, 0.15) is 18.2 Å². The largest absolute Gasteiger partial charge is 0.257 e. The van der Waals surface area contributed by atoms with Crippen molar-refractivity contribution in [2.24, 2.45) is 5.92 Å². The van der Waals surface area contributed by atoms with Gasteiger partial charge in [-0.05, 0) is 24.1 Å². The molecule has 2 rings (SSSR count). The van der Waals surface area contributed by atoms with Gasteiger partial charge in [-0.25, -0.2) is 4.39 Å². The summed E-state index contributed by atoms with van der Waals surface area (Å²) in [5, 5.41) is 0. The van der Waals surface area contributed by atoms with Crippen molar-refractivity contribution in [1.29, 1.82) is 0 Å². The molecule has 0 amide bonds. The van der Waals surface area contributed by atoms with Crippen LogP contribution in [0.25, 0.3) is 6.08 Å². The molecular formula is C10H10FN. The number of nitrogens with zero attached hydrogens (tertiary/aromatic N) is 1. The fourth-order valence-electron chi connectivity index (χ4n) is 1.45. The van der Waals surface area contributed by atoms with Gasteiger partial charge in [-0.1, -0.05) is 13.0 Å². The lowest BCUT2D eigenvalue weighted by Crippen LogP contribution is -2.08. The van der Waals surface area contributed by atoms with E-state index in [0.717, 1.165) is 17.7 Å². The Morgan fingerprint density at radius 2 is 2.42 bits per heavy atom. The van der Waals surface area contributed by atoms with Gasteiger partial charge in [0, 0.05) is 12.1 Å². The van der Waals surface area contributed by atoms with Crippen molar-refractivity contribution < 1.29 is 4.39 Å². The van der Waals surface area contributed by atoms with Gasteiger partial charge in [0.05, 0.1) is 5.69 Å². The van der Waals surface area contributed by atoms with Gasteiger partial charge in [0.1, 0.15) is 5.83 Å². The van der Waals surface area contributed by atoms with E-state index < -0.39 is 0 Å². The molecule has 1 aliphatic rings. The summed E-state index contributed by atoms with van der Waals surface area (Å²) in [6.07, 6.45) is 3.99. The topological polar surface area (TPSA) is 12.9 Å². The van der Waals surface area contributed by atoms with E-state index in [-0.39, 0.29) is 11.7 Å². The van der Waals surface area contributed by atoms with E-state index >= 15 is 0 Å². The number of allylic oxidation sites excluding steroid dienone is 1. The fraction of sp³-hybridized carbons (Fsp3) is 0.300. The van der Waals surface area contributed by atoms with Gasteiger partial charge in [0.15, 0.2) is 0 Å². The van der Waals surface area contributed by atoms with Crippen LogP contribution in [0.4, 0.5) is 4.39 Å². The first-order valence-corrected chi connectivity index (χ1v) is 4.08. The van der Waals surface area contributed by atoms with E-state index in [9.17, 15) is 4.39 Å². The summed E-state index contributed by atoms with van der Waals surface area (Å²) in [6.45, 7) is 1.89. The van der Waals surface area contributed by atoms with Crippen LogP contribution in [0.15, 0.2) is 24.2 Å². The highest BCUT2D eigenvalue weighted by atomic mass is 19.1. The minimum Gasteiger partial charge on any atom is -0.257 e. The van der Waals surface area contributed by atoms with Gasteiger partial charge in [-0.15, -0.1) is 0 Å². The third kappa shape index (κ3) is 1.13. The van der Waals surface area contributed by atoms with E-state index in [2.05, 4.69) is 4.98 Å². The van der Waals surface area contributed by atoms with Crippen LogP contribution in [-0.2, 0) is 6.42 Å². The second kappa shape index (κ2) is 2.70. The molecule has 0 aromatic carbocycles. The van der Waals surface area contributed by atoms with Crippen molar-refractivity contribution >= 4 is 6.08 Å². The molecule has 2 heteroatoms. The molecule has 0 fully saturated rings. The Kier molecular flexibility index (Phi) is 1.68. The first kappa shape index (κ1) is 7.47. The number of hydrogen-bond acceptors (Lipinski definition) is 1. The van der Waals surface area contributed by atoms with Gasteiger partial charge in [0.25, 0.3) is 0 Å². The average Bonchev–Trinajstić information content (AvgIpc) is 2.07. The predicted octanol–water partition coefficient (Wildman–Crippen LogP) is 2.58. The number of fused-ring (bicyclic) bond motifs is 1. The summed E-state index contributed by atoms with van der Waals surface area (Å²) in [5.41, 5.74) is 1.93.